The fourth-order valence-electron chi connectivity index (χ4n) is 2.13. The number of hydrogen-bond acceptors (Lipinski definition) is 2. The van der Waals surface area contributed by atoms with E-state index in [4.69, 9.17) is 0 Å². The Morgan fingerprint density at radius 1 is 1.11 bits per heavy atom. The second kappa shape index (κ2) is 6.98. The van der Waals surface area contributed by atoms with Gasteiger partial charge >= 0.3 is 0 Å². The maximum Gasteiger partial charge on any atom is 0.207 e. The maximum atomic E-state index is 4.37. The van der Waals surface area contributed by atoms with E-state index in [0.29, 0.717) is 0 Å². The molecule has 0 saturated heterocycles. The first-order valence-electron chi connectivity index (χ1n) is 7.21. The number of benzene rings is 1. The van der Waals surface area contributed by atoms with Crippen molar-refractivity contribution in [3.05, 3.63) is 42.2 Å². The largest absolute Gasteiger partial charge is 0.355 e. The Balaban J connectivity index is 2.10. The van der Waals surface area contributed by atoms with E-state index in [1.807, 2.05) is 12.4 Å². The lowest BCUT2D eigenvalue weighted by molar-refractivity contribution is 0.823. The lowest BCUT2D eigenvalue weighted by Gasteiger charge is -2.10. The summed E-state index contributed by atoms with van der Waals surface area (Å²) in [4.78, 5) is 4.37. The van der Waals surface area contributed by atoms with E-state index in [-0.39, 0.29) is 0 Å². The van der Waals surface area contributed by atoms with Crippen molar-refractivity contribution >= 4 is 5.95 Å². The lowest BCUT2D eigenvalue weighted by atomic mass is 10.1. The number of rotatable bonds is 7. The van der Waals surface area contributed by atoms with Gasteiger partial charge in [0.15, 0.2) is 0 Å². The summed E-state index contributed by atoms with van der Waals surface area (Å²) in [7, 11) is 0. The third kappa shape index (κ3) is 3.60. The minimum atomic E-state index is 0.927. The van der Waals surface area contributed by atoms with Crippen LogP contribution in [0.5, 0.6) is 0 Å². The summed E-state index contributed by atoms with van der Waals surface area (Å²) in [6, 6.07) is 8.73. The van der Waals surface area contributed by atoms with Crippen molar-refractivity contribution in [2.24, 2.45) is 0 Å². The summed E-state index contributed by atoms with van der Waals surface area (Å²) in [5.74, 6) is 0.927. The maximum absolute atomic E-state index is 4.37. The van der Waals surface area contributed by atoms with Crippen molar-refractivity contribution in [2.75, 3.05) is 11.9 Å². The van der Waals surface area contributed by atoms with Crippen molar-refractivity contribution in [1.82, 2.24) is 9.55 Å². The molecule has 0 aliphatic rings. The molecule has 3 nitrogen and oxygen atoms in total. The molecule has 0 spiro atoms. The molecule has 0 aliphatic carbocycles. The van der Waals surface area contributed by atoms with Gasteiger partial charge in [0, 0.05) is 24.6 Å². The van der Waals surface area contributed by atoms with Crippen LogP contribution in [-0.4, -0.2) is 16.1 Å². The Labute approximate surface area is 115 Å². The average molecular weight is 257 g/mol. The van der Waals surface area contributed by atoms with Crippen molar-refractivity contribution < 1.29 is 0 Å². The molecular weight excluding hydrogens is 234 g/mol. The third-order valence-corrected chi connectivity index (χ3v) is 3.21. The molecule has 1 heterocycles. The molecule has 1 aromatic carbocycles. The van der Waals surface area contributed by atoms with Gasteiger partial charge in [-0.25, -0.2) is 4.98 Å². The molecule has 1 N–H and O–H groups in total. The van der Waals surface area contributed by atoms with Gasteiger partial charge in [-0.3, -0.25) is 4.57 Å². The molecule has 2 aromatic rings. The Bertz CT molecular complexity index is 485. The lowest BCUT2D eigenvalue weighted by Crippen LogP contribution is -2.07. The molecule has 0 fully saturated rings. The summed E-state index contributed by atoms with van der Waals surface area (Å²) >= 11 is 0. The molecule has 3 heteroatoms. The van der Waals surface area contributed by atoms with Gasteiger partial charge in [0.05, 0.1) is 0 Å². The molecule has 0 unspecified atom stereocenters. The van der Waals surface area contributed by atoms with Crippen molar-refractivity contribution in [3.63, 3.8) is 0 Å². The van der Waals surface area contributed by atoms with E-state index in [9.17, 15) is 0 Å². The zero-order valence-corrected chi connectivity index (χ0v) is 11.9. The van der Waals surface area contributed by atoms with Gasteiger partial charge in [-0.15, -0.1) is 0 Å². The summed E-state index contributed by atoms with van der Waals surface area (Å²) < 4.78 is 2.10. The van der Waals surface area contributed by atoms with E-state index in [0.717, 1.165) is 24.6 Å². The molecule has 19 heavy (non-hydrogen) atoms. The van der Waals surface area contributed by atoms with Gasteiger partial charge in [-0.05, 0) is 30.5 Å². The number of hydrogen-bond donors (Lipinski definition) is 1. The van der Waals surface area contributed by atoms with Crippen LogP contribution in [0.25, 0.3) is 5.69 Å². The highest BCUT2D eigenvalue weighted by atomic mass is 15.2. The topological polar surface area (TPSA) is 29.9 Å². The minimum Gasteiger partial charge on any atom is -0.355 e. The van der Waals surface area contributed by atoms with E-state index >= 15 is 0 Å². The number of unbranched alkanes of at least 4 members (excludes halogenated alkanes) is 1. The standard InChI is InChI=1S/C16H23N3/c1-3-5-11-17-16-18-12-13-19(16)15-9-7-14(6-4-2)8-10-15/h7-10,12-13H,3-6,11H2,1-2H3,(H,17,18). The molecule has 0 aliphatic heterocycles. The van der Waals surface area contributed by atoms with E-state index in [1.165, 1.54) is 24.8 Å². The molecule has 2 rings (SSSR count). The molecule has 0 bridgehead atoms. The Morgan fingerprint density at radius 2 is 1.89 bits per heavy atom. The molecule has 102 valence electrons. The van der Waals surface area contributed by atoms with Gasteiger partial charge in [-0.2, -0.15) is 0 Å². The predicted molar refractivity (Wildman–Crippen MR) is 81.0 cm³/mol. The molecule has 0 radical (unpaired) electrons. The van der Waals surface area contributed by atoms with Gasteiger partial charge in [0.1, 0.15) is 0 Å². The molecule has 0 amide bonds. The zero-order valence-electron chi connectivity index (χ0n) is 11.9. The second-order valence-electron chi connectivity index (χ2n) is 4.82. The molecule has 0 saturated carbocycles. The minimum absolute atomic E-state index is 0.927. The second-order valence-corrected chi connectivity index (χ2v) is 4.82. The quantitative estimate of drug-likeness (QED) is 0.759. The number of aromatic nitrogens is 2. The average Bonchev–Trinajstić information content (AvgIpc) is 2.89. The summed E-state index contributed by atoms with van der Waals surface area (Å²) in [6.45, 7) is 5.38. The Kier molecular flexibility index (Phi) is 5.01. The Morgan fingerprint density at radius 3 is 2.58 bits per heavy atom. The number of aryl methyl sites for hydroxylation is 1. The fourth-order valence-corrected chi connectivity index (χ4v) is 2.13. The van der Waals surface area contributed by atoms with Gasteiger partial charge < -0.3 is 5.32 Å². The van der Waals surface area contributed by atoms with Crippen LogP contribution in [0.4, 0.5) is 5.95 Å². The summed E-state index contributed by atoms with van der Waals surface area (Å²) in [6.07, 6.45) is 8.54. The van der Waals surface area contributed by atoms with E-state index < -0.39 is 0 Å². The van der Waals surface area contributed by atoms with Crippen LogP contribution in [-0.2, 0) is 6.42 Å². The zero-order chi connectivity index (χ0) is 13.5. The van der Waals surface area contributed by atoms with Gasteiger partial charge in [0.25, 0.3) is 0 Å². The first-order chi connectivity index (χ1) is 9.35. The first-order valence-corrected chi connectivity index (χ1v) is 7.21. The van der Waals surface area contributed by atoms with Crippen LogP contribution in [0.2, 0.25) is 0 Å². The van der Waals surface area contributed by atoms with Crippen molar-refractivity contribution in [2.45, 2.75) is 39.5 Å². The first kappa shape index (κ1) is 13.7. The highest BCUT2D eigenvalue weighted by Crippen LogP contribution is 2.16. The summed E-state index contributed by atoms with van der Waals surface area (Å²) in [5, 5.41) is 3.38. The van der Waals surface area contributed by atoms with Crippen molar-refractivity contribution in [1.29, 1.82) is 0 Å². The Hall–Kier alpha value is -1.77. The third-order valence-electron chi connectivity index (χ3n) is 3.21. The number of anilines is 1. The fraction of sp³-hybridized carbons (Fsp3) is 0.438. The highest BCUT2D eigenvalue weighted by Gasteiger charge is 2.04. The van der Waals surface area contributed by atoms with Crippen LogP contribution in [0.3, 0.4) is 0 Å². The van der Waals surface area contributed by atoms with Crippen LogP contribution in [0, 0.1) is 0 Å². The number of nitrogens with one attached hydrogen (secondary N) is 1. The normalized spacial score (nSPS) is 10.6. The van der Waals surface area contributed by atoms with Crippen LogP contribution in [0.1, 0.15) is 38.7 Å². The van der Waals surface area contributed by atoms with E-state index in [2.05, 4.69) is 53.0 Å². The van der Waals surface area contributed by atoms with Crippen LogP contribution >= 0.6 is 0 Å². The van der Waals surface area contributed by atoms with Gasteiger partial charge in [0.2, 0.25) is 5.95 Å². The monoisotopic (exact) mass is 257 g/mol. The molecule has 1 aromatic heterocycles. The summed E-state index contributed by atoms with van der Waals surface area (Å²) in [5.41, 5.74) is 2.56. The van der Waals surface area contributed by atoms with Crippen LogP contribution < -0.4 is 5.32 Å². The SMILES string of the molecule is CCCCNc1nccn1-c1ccc(CCC)cc1. The van der Waals surface area contributed by atoms with E-state index in [1.54, 1.807) is 0 Å². The van der Waals surface area contributed by atoms with Crippen LogP contribution in [0.15, 0.2) is 36.7 Å². The molecule has 0 atom stereocenters. The van der Waals surface area contributed by atoms with Gasteiger partial charge in [-0.1, -0.05) is 38.8 Å². The number of imidazole rings is 1. The predicted octanol–water partition coefficient (Wildman–Crippen LogP) is 4.04. The number of nitrogens with zero attached hydrogens (tertiary/aromatic N) is 2. The smallest absolute Gasteiger partial charge is 0.207 e. The molecular formula is C16H23N3. The highest BCUT2D eigenvalue weighted by molar-refractivity contribution is 5.42. The van der Waals surface area contributed by atoms with Crippen molar-refractivity contribution in [3.8, 4) is 5.69 Å².